The van der Waals surface area contributed by atoms with E-state index in [0.717, 1.165) is 71.5 Å². The van der Waals surface area contributed by atoms with Gasteiger partial charge in [-0.05, 0) is 19.6 Å². The zero-order valence-corrected chi connectivity index (χ0v) is 14.6. The van der Waals surface area contributed by atoms with Crippen LogP contribution in [0, 0.1) is 0 Å². The molecule has 1 N–H and O–H groups in total. The largest absolute Gasteiger partial charge is 0.316 e. The van der Waals surface area contributed by atoms with Crippen molar-refractivity contribution < 1.29 is 9.59 Å². The number of aldehydes is 2. The molecule has 0 aromatic carbocycles. The second kappa shape index (κ2) is 15.1. The Labute approximate surface area is 135 Å². The molecule has 0 saturated carbocycles. The van der Waals surface area contributed by atoms with Gasteiger partial charge >= 0.3 is 0 Å². The average Bonchev–Trinajstić information content (AvgIpc) is 2.53. The van der Waals surface area contributed by atoms with Crippen LogP contribution in [0.15, 0.2) is 0 Å². The molecule has 0 unspecified atom stereocenters. The van der Waals surface area contributed by atoms with Gasteiger partial charge in [-0.3, -0.25) is 9.80 Å². The highest BCUT2D eigenvalue weighted by Gasteiger charge is 2.10. The lowest BCUT2D eigenvalue weighted by Crippen LogP contribution is -2.42. The van der Waals surface area contributed by atoms with Gasteiger partial charge in [0.1, 0.15) is 12.6 Å². The zero-order valence-electron chi connectivity index (χ0n) is 14.6. The lowest BCUT2D eigenvalue weighted by Gasteiger charge is -2.27. The van der Waals surface area contributed by atoms with E-state index >= 15 is 0 Å². The predicted octanol–water partition coefficient (Wildman–Crippen LogP) is -0.0605. The van der Waals surface area contributed by atoms with Gasteiger partial charge in [0.25, 0.3) is 0 Å². The van der Waals surface area contributed by atoms with Crippen molar-refractivity contribution in [1.29, 1.82) is 0 Å². The van der Waals surface area contributed by atoms with Crippen LogP contribution >= 0.6 is 0 Å². The fourth-order valence-corrected chi connectivity index (χ4v) is 2.32. The number of carbonyl (C=O) groups is 2. The van der Waals surface area contributed by atoms with Gasteiger partial charge in [0.15, 0.2) is 0 Å². The van der Waals surface area contributed by atoms with E-state index in [-0.39, 0.29) is 0 Å². The Bertz CT molecular complexity index is 273. The van der Waals surface area contributed by atoms with Crippen LogP contribution < -0.4 is 5.32 Å². The van der Waals surface area contributed by atoms with E-state index in [4.69, 9.17) is 0 Å². The predicted molar refractivity (Wildman–Crippen MR) is 91.3 cm³/mol. The Morgan fingerprint density at radius 2 is 1.18 bits per heavy atom. The number of nitrogens with zero attached hydrogens (tertiary/aromatic N) is 3. The molecule has 0 radical (unpaired) electrons. The number of hydrogen-bond acceptors (Lipinski definition) is 6. The van der Waals surface area contributed by atoms with E-state index < -0.39 is 0 Å². The summed E-state index contributed by atoms with van der Waals surface area (Å²) < 4.78 is 0. The molecule has 130 valence electrons. The minimum Gasteiger partial charge on any atom is -0.316 e. The molecule has 0 bridgehead atoms. The summed E-state index contributed by atoms with van der Waals surface area (Å²) in [4.78, 5) is 28.3. The van der Waals surface area contributed by atoms with Gasteiger partial charge in [0.05, 0.1) is 13.1 Å². The maximum atomic E-state index is 10.8. The van der Waals surface area contributed by atoms with Gasteiger partial charge < -0.3 is 19.8 Å². The summed E-state index contributed by atoms with van der Waals surface area (Å²) in [6.07, 6.45) is 1.91. The molecule has 0 atom stereocenters. The smallest absolute Gasteiger partial charge is 0.133 e. The van der Waals surface area contributed by atoms with Crippen molar-refractivity contribution in [3.63, 3.8) is 0 Å². The van der Waals surface area contributed by atoms with Gasteiger partial charge in [-0.2, -0.15) is 0 Å². The Kier molecular flexibility index (Phi) is 14.5. The molecule has 22 heavy (non-hydrogen) atoms. The first-order valence-corrected chi connectivity index (χ1v) is 8.46. The van der Waals surface area contributed by atoms with Crippen LogP contribution in [0.2, 0.25) is 0 Å². The molecule has 0 fully saturated rings. The Balaban J connectivity index is 4.20. The van der Waals surface area contributed by atoms with E-state index in [0.29, 0.717) is 13.1 Å². The number of hydrogen-bond donors (Lipinski definition) is 1. The molecular weight excluding hydrogens is 280 g/mol. The van der Waals surface area contributed by atoms with Crippen molar-refractivity contribution in [2.45, 2.75) is 20.8 Å². The van der Waals surface area contributed by atoms with Crippen LogP contribution in [0.1, 0.15) is 20.8 Å². The van der Waals surface area contributed by atoms with Gasteiger partial charge in [0.2, 0.25) is 0 Å². The Morgan fingerprint density at radius 3 is 1.59 bits per heavy atom. The van der Waals surface area contributed by atoms with E-state index in [1.54, 1.807) is 0 Å². The highest BCUT2D eigenvalue weighted by molar-refractivity contribution is 5.52. The third-order valence-electron chi connectivity index (χ3n) is 3.88. The van der Waals surface area contributed by atoms with Crippen molar-refractivity contribution in [2.75, 3.05) is 72.0 Å². The molecule has 0 amide bonds. The third kappa shape index (κ3) is 10.8. The number of likely N-dealkylation sites (N-methyl/N-ethyl adjacent to an activating group) is 2. The van der Waals surface area contributed by atoms with Crippen molar-refractivity contribution >= 4 is 12.6 Å². The minimum atomic E-state index is 0.455. The first-order valence-electron chi connectivity index (χ1n) is 8.46. The standard InChI is InChI=1S/C16H34N4O2/c1-4-17-7-8-19(13-15-21)11-12-20(14-16-22)10-9-18(5-2)6-3/h15-17H,4-14H2,1-3H3. The number of rotatable bonds is 16. The summed E-state index contributed by atoms with van der Waals surface area (Å²) in [5.74, 6) is 0. The highest BCUT2D eigenvalue weighted by atomic mass is 16.1. The molecular formula is C16H34N4O2. The van der Waals surface area contributed by atoms with Crippen LogP contribution in [0.5, 0.6) is 0 Å². The van der Waals surface area contributed by atoms with E-state index in [1.807, 2.05) is 0 Å². The number of carbonyl (C=O) groups excluding carboxylic acids is 2. The summed E-state index contributed by atoms with van der Waals surface area (Å²) in [5.41, 5.74) is 0. The fourth-order valence-electron chi connectivity index (χ4n) is 2.32. The van der Waals surface area contributed by atoms with E-state index in [9.17, 15) is 9.59 Å². The van der Waals surface area contributed by atoms with E-state index in [2.05, 4.69) is 40.8 Å². The van der Waals surface area contributed by atoms with Crippen LogP contribution in [0.25, 0.3) is 0 Å². The SMILES string of the molecule is CCNCCN(CC=O)CCN(CC=O)CCN(CC)CC. The Morgan fingerprint density at radius 1 is 0.727 bits per heavy atom. The molecule has 6 nitrogen and oxygen atoms in total. The molecule has 0 aliphatic heterocycles. The second-order valence-electron chi connectivity index (χ2n) is 5.31. The molecule has 0 aromatic rings. The first-order chi connectivity index (χ1) is 10.7. The summed E-state index contributed by atoms with van der Waals surface area (Å²) in [5, 5.41) is 3.27. The lowest BCUT2D eigenvalue weighted by molar-refractivity contribution is -0.110. The summed E-state index contributed by atoms with van der Waals surface area (Å²) in [6, 6.07) is 0. The van der Waals surface area contributed by atoms with Gasteiger partial charge in [-0.1, -0.05) is 20.8 Å². The second-order valence-corrected chi connectivity index (χ2v) is 5.31. The van der Waals surface area contributed by atoms with Gasteiger partial charge in [-0.25, -0.2) is 0 Å². The van der Waals surface area contributed by atoms with Crippen LogP contribution in [-0.2, 0) is 9.59 Å². The maximum absolute atomic E-state index is 10.8. The average molecular weight is 314 g/mol. The molecule has 0 heterocycles. The normalized spacial score (nSPS) is 11.5. The monoisotopic (exact) mass is 314 g/mol. The van der Waals surface area contributed by atoms with Gasteiger partial charge in [0, 0.05) is 39.3 Å². The van der Waals surface area contributed by atoms with Crippen LogP contribution in [0.3, 0.4) is 0 Å². The van der Waals surface area contributed by atoms with Crippen LogP contribution in [0.4, 0.5) is 0 Å². The number of nitrogens with one attached hydrogen (secondary N) is 1. The van der Waals surface area contributed by atoms with Crippen molar-refractivity contribution in [1.82, 2.24) is 20.0 Å². The first kappa shape index (κ1) is 21.2. The maximum Gasteiger partial charge on any atom is 0.133 e. The fraction of sp³-hybridized carbons (Fsp3) is 0.875. The van der Waals surface area contributed by atoms with Crippen molar-refractivity contribution in [2.24, 2.45) is 0 Å². The third-order valence-corrected chi connectivity index (χ3v) is 3.88. The lowest BCUT2D eigenvalue weighted by atomic mass is 10.3. The Hall–Kier alpha value is -0.820. The summed E-state index contributed by atoms with van der Waals surface area (Å²) in [6.45, 7) is 15.6. The van der Waals surface area contributed by atoms with Gasteiger partial charge in [-0.15, -0.1) is 0 Å². The topological polar surface area (TPSA) is 55.9 Å². The molecule has 0 spiro atoms. The van der Waals surface area contributed by atoms with Crippen LogP contribution in [-0.4, -0.2) is 99.3 Å². The van der Waals surface area contributed by atoms with Crippen molar-refractivity contribution in [3.05, 3.63) is 0 Å². The molecule has 0 aromatic heterocycles. The van der Waals surface area contributed by atoms with Crippen molar-refractivity contribution in [3.8, 4) is 0 Å². The molecule has 0 saturated heterocycles. The summed E-state index contributed by atoms with van der Waals surface area (Å²) in [7, 11) is 0. The molecule has 6 heteroatoms. The van der Waals surface area contributed by atoms with E-state index in [1.165, 1.54) is 0 Å². The quantitative estimate of drug-likeness (QED) is 0.318. The minimum absolute atomic E-state index is 0.455. The highest BCUT2D eigenvalue weighted by Crippen LogP contribution is 1.94. The molecule has 0 aliphatic carbocycles. The molecule has 0 rings (SSSR count). The zero-order chi connectivity index (χ0) is 16.6. The summed E-state index contributed by atoms with van der Waals surface area (Å²) >= 11 is 0. The molecule has 0 aliphatic rings.